The molecule has 0 aromatic carbocycles. The Morgan fingerprint density at radius 2 is 2.25 bits per heavy atom. The summed E-state index contributed by atoms with van der Waals surface area (Å²) in [5.74, 6) is 1.46. The molecule has 1 aliphatic carbocycles. The van der Waals surface area contributed by atoms with Crippen molar-refractivity contribution in [3.63, 3.8) is 0 Å². The van der Waals surface area contributed by atoms with E-state index in [9.17, 15) is 4.79 Å². The Morgan fingerprint density at radius 1 is 1.50 bits per heavy atom. The van der Waals surface area contributed by atoms with E-state index < -0.39 is 0 Å². The third-order valence-electron chi connectivity index (χ3n) is 3.78. The lowest BCUT2D eigenvalue weighted by Crippen LogP contribution is -2.42. The number of nitrogens with one attached hydrogen (secondary N) is 1. The zero-order valence-corrected chi connectivity index (χ0v) is 10.7. The predicted octanol–water partition coefficient (Wildman–Crippen LogP) is 2.06. The van der Waals surface area contributed by atoms with Crippen molar-refractivity contribution in [3.8, 4) is 0 Å². The minimum atomic E-state index is -0.309. The molecule has 16 heavy (non-hydrogen) atoms. The van der Waals surface area contributed by atoms with E-state index in [-0.39, 0.29) is 11.9 Å². The topological polar surface area (TPSA) is 55.1 Å². The Labute approximate surface area is 99.2 Å². The van der Waals surface area contributed by atoms with Gasteiger partial charge in [-0.3, -0.25) is 4.79 Å². The van der Waals surface area contributed by atoms with Gasteiger partial charge in [0.2, 0.25) is 5.91 Å². The van der Waals surface area contributed by atoms with Crippen LogP contribution in [0, 0.1) is 11.8 Å². The van der Waals surface area contributed by atoms with E-state index in [1.165, 1.54) is 19.3 Å². The molecule has 94 valence electrons. The second-order valence-corrected chi connectivity index (χ2v) is 5.16. The van der Waals surface area contributed by atoms with E-state index >= 15 is 0 Å². The van der Waals surface area contributed by atoms with E-state index in [0.717, 1.165) is 31.7 Å². The molecule has 0 aromatic rings. The van der Waals surface area contributed by atoms with Crippen LogP contribution in [0.4, 0.5) is 0 Å². The molecule has 0 aromatic heterocycles. The first-order valence-corrected chi connectivity index (χ1v) is 6.68. The third-order valence-corrected chi connectivity index (χ3v) is 3.78. The van der Waals surface area contributed by atoms with Gasteiger partial charge in [0.1, 0.15) is 0 Å². The minimum Gasteiger partial charge on any atom is -0.354 e. The van der Waals surface area contributed by atoms with Gasteiger partial charge in [0.15, 0.2) is 0 Å². The zero-order chi connectivity index (χ0) is 12.0. The molecule has 1 amide bonds. The molecule has 3 atom stereocenters. The van der Waals surface area contributed by atoms with Crippen LogP contribution >= 0.6 is 0 Å². The number of hydrogen-bond donors (Lipinski definition) is 2. The highest BCUT2D eigenvalue weighted by Gasteiger charge is 2.24. The Morgan fingerprint density at radius 3 is 2.81 bits per heavy atom. The molecule has 1 rings (SSSR count). The molecular weight excluding hydrogens is 200 g/mol. The van der Waals surface area contributed by atoms with Crippen LogP contribution in [0.1, 0.15) is 52.4 Å². The van der Waals surface area contributed by atoms with E-state index in [4.69, 9.17) is 5.73 Å². The zero-order valence-electron chi connectivity index (χ0n) is 10.7. The summed E-state index contributed by atoms with van der Waals surface area (Å²) in [6.07, 6.45) is 6.81. The summed E-state index contributed by atoms with van der Waals surface area (Å²) in [7, 11) is 0. The molecule has 0 spiro atoms. The first kappa shape index (κ1) is 13.5. The second kappa shape index (κ2) is 6.89. The normalized spacial score (nSPS) is 26.7. The van der Waals surface area contributed by atoms with Crippen LogP contribution < -0.4 is 11.1 Å². The molecular formula is C13H26N2O. The Bertz CT molecular complexity index is 218. The predicted molar refractivity (Wildman–Crippen MR) is 67.0 cm³/mol. The number of carbonyl (C=O) groups is 1. The average Bonchev–Trinajstić information content (AvgIpc) is 2.68. The highest BCUT2D eigenvalue weighted by Crippen LogP contribution is 2.30. The number of unbranched alkanes of at least 4 members (excludes halogenated alkanes) is 1. The molecule has 1 saturated carbocycles. The van der Waals surface area contributed by atoms with Crippen LogP contribution in [-0.2, 0) is 4.79 Å². The van der Waals surface area contributed by atoms with E-state index in [1.807, 2.05) is 0 Å². The third kappa shape index (κ3) is 4.12. The first-order chi connectivity index (χ1) is 7.65. The van der Waals surface area contributed by atoms with Gasteiger partial charge in [-0.15, -0.1) is 0 Å². The van der Waals surface area contributed by atoms with E-state index in [2.05, 4.69) is 19.2 Å². The highest BCUT2D eigenvalue weighted by molar-refractivity contribution is 5.81. The van der Waals surface area contributed by atoms with Crippen molar-refractivity contribution in [2.24, 2.45) is 17.6 Å². The summed E-state index contributed by atoms with van der Waals surface area (Å²) in [6, 6.07) is -0.309. The number of amides is 1. The number of nitrogens with two attached hydrogens (primary N) is 1. The molecule has 2 unspecified atom stereocenters. The summed E-state index contributed by atoms with van der Waals surface area (Å²) >= 11 is 0. The van der Waals surface area contributed by atoms with Crippen molar-refractivity contribution in [1.29, 1.82) is 0 Å². The van der Waals surface area contributed by atoms with Crippen molar-refractivity contribution in [2.45, 2.75) is 58.4 Å². The van der Waals surface area contributed by atoms with Gasteiger partial charge in [-0.25, -0.2) is 0 Å². The molecule has 0 radical (unpaired) electrons. The summed E-state index contributed by atoms with van der Waals surface area (Å²) in [4.78, 5) is 11.7. The summed E-state index contributed by atoms with van der Waals surface area (Å²) < 4.78 is 0. The lowest BCUT2D eigenvalue weighted by molar-refractivity contribution is -0.122. The average molecular weight is 226 g/mol. The molecule has 0 heterocycles. The van der Waals surface area contributed by atoms with E-state index in [0.29, 0.717) is 5.92 Å². The molecule has 3 heteroatoms. The molecule has 0 saturated heterocycles. The van der Waals surface area contributed by atoms with Crippen molar-refractivity contribution in [1.82, 2.24) is 5.32 Å². The van der Waals surface area contributed by atoms with Crippen molar-refractivity contribution >= 4 is 5.91 Å². The maximum Gasteiger partial charge on any atom is 0.236 e. The summed E-state index contributed by atoms with van der Waals surface area (Å²) in [6.45, 7) is 5.21. The SMILES string of the molecule is CCCC[C@H](N)C(=O)NCC1CCCC1C. The largest absolute Gasteiger partial charge is 0.354 e. The summed E-state index contributed by atoms with van der Waals surface area (Å²) in [5.41, 5.74) is 5.81. The first-order valence-electron chi connectivity index (χ1n) is 6.68. The van der Waals surface area contributed by atoms with Crippen molar-refractivity contribution < 1.29 is 4.79 Å². The molecule has 1 fully saturated rings. The van der Waals surface area contributed by atoms with Crippen LogP contribution in [0.5, 0.6) is 0 Å². The van der Waals surface area contributed by atoms with Gasteiger partial charge in [-0.2, -0.15) is 0 Å². The molecule has 3 nitrogen and oxygen atoms in total. The van der Waals surface area contributed by atoms with Crippen LogP contribution in [0.25, 0.3) is 0 Å². The fourth-order valence-corrected chi connectivity index (χ4v) is 2.44. The highest BCUT2D eigenvalue weighted by atomic mass is 16.2. The van der Waals surface area contributed by atoms with Gasteiger partial charge >= 0.3 is 0 Å². The quantitative estimate of drug-likeness (QED) is 0.728. The van der Waals surface area contributed by atoms with Crippen LogP contribution in [0.2, 0.25) is 0 Å². The smallest absolute Gasteiger partial charge is 0.236 e. The summed E-state index contributed by atoms with van der Waals surface area (Å²) in [5, 5.41) is 3.00. The van der Waals surface area contributed by atoms with Crippen molar-refractivity contribution in [2.75, 3.05) is 6.54 Å². The number of hydrogen-bond acceptors (Lipinski definition) is 2. The lowest BCUT2D eigenvalue weighted by Gasteiger charge is -2.18. The van der Waals surface area contributed by atoms with Gasteiger partial charge in [0.25, 0.3) is 0 Å². The molecule has 0 bridgehead atoms. The Hall–Kier alpha value is -0.570. The van der Waals surface area contributed by atoms with Gasteiger partial charge in [0, 0.05) is 6.54 Å². The fourth-order valence-electron chi connectivity index (χ4n) is 2.44. The van der Waals surface area contributed by atoms with Crippen LogP contribution in [0.15, 0.2) is 0 Å². The minimum absolute atomic E-state index is 0.0348. The monoisotopic (exact) mass is 226 g/mol. The Balaban J connectivity index is 2.18. The Kier molecular flexibility index (Phi) is 5.81. The van der Waals surface area contributed by atoms with Gasteiger partial charge < -0.3 is 11.1 Å². The fraction of sp³-hybridized carbons (Fsp3) is 0.923. The molecule has 1 aliphatic rings. The van der Waals surface area contributed by atoms with Gasteiger partial charge in [-0.05, 0) is 24.7 Å². The number of rotatable bonds is 6. The lowest BCUT2D eigenvalue weighted by atomic mass is 9.98. The van der Waals surface area contributed by atoms with Crippen molar-refractivity contribution in [3.05, 3.63) is 0 Å². The maximum atomic E-state index is 11.7. The van der Waals surface area contributed by atoms with Gasteiger partial charge in [-0.1, -0.05) is 39.5 Å². The van der Waals surface area contributed by atoms with Crippen LogP contribution in [0.3, 0.4) is 0 Å². The van der Waals surface area contributed by atoms with Gasteiger partial charge in [0.05, 0.1) is 6.04 Å². The maximum absolute atomic E-state index is 11.7. The number of carbonyl (C=O) groups excluding carboxylic acids is 1. The molecule has 3 N–H and O–H groups in total. The molecule has 0 aliphatic heterocycles. The van der Waals surface area contributed by atoms with E-state index in [1.54, 1.807) is 0 Å². The second-order valence-electron chi connectivity index (χ2n) is 5.16. The van der Waals surface area contributed by atoms with Crippen LogP contribution in [-0.4, -0.2) is 18.5 Å². The standard InChI is InChI=1S/C13H26N2O/c1-3-4-8-12(14)13(16)15-9-11-7-5-6-10(11)2/h10-12H,3-9,14H2,1-2H3,(H,15,16)/t10?,11?,12-/m0/s1.